The van der Waals surface area contributed by atoms with Crippen LogP contribution in [0.1, 0.15) is 0 Å². The normalized spacial score (nSPS) is 22.6. The molecule has 2 rings (SSSR count). The summed E-state index contributed by atoms with van der Waals surface area (Å²) in [6.45, 7) is 2.98. The summed E-state index contributed by atoms with van der Waals surface area (Å²) in [4.78, 5) is 15.3. The zero-order chi connectivity index (χ0) is 14.7. The standard InChI is InChI=1S/C14H25N5O/c1-17(2)7-11-8-19(9-12(11)10-20)14-13(18(3)4)15-5-6-16-14/h5-6,11-12,20H,7-10H2,1-4H3/t11-,12-/m1/s1. The SMILES string of the molecule is CN(C)C[C@@H]1CN(c2nccnc2N(C)C)C[C@@H]1CO. The van der Waals surface area contributed by atoms with Crippen LogP contribution in [0.25, 0.3) is 0 Å². The van der Waals surface area contributed by atoms with Crippen LogP contribution in [0, 0.1) is 11.8 Å². The maximum Gasteiger partial charge on any atom is 0.171 e. The van der Waals surface area contributed by atoms with E-state index in [4.69, 9.17) is 0 Å². The minimum atomic E-state index is 0.229. The highest BCUT2D eigenvalue weighted by Gasteiger charge is 2.34. The molecule has 6 nitrogen and oxygen atoms in total. The summed E-state index contributed by atoms with van der Waals surface area (Å²) in [7, 11) is 8.10. The van der Waals surface area contributed by atoms with Gasteiger partial charge in [-0.25, -0.2) is 9.97 Å². The molecule has 0 aromatic carbocycles. The second kappa shape index (κ2) is 6.37. The highest BCUT2D eigenvalue weighted by atomic mass is 16.3. The van der Waals surface area contributed by atoms with Crippen molar-refractivity contribution in [2.45, 2.75) is 0 Å². The summed E-state index contributed by atoms with van der Waals surface area (Å²) in [5, 5.41) is 9.60. The third-order valence-corrected chi connectivity index (χ3v) is 3.79. The average Bonchev–Trinajstić information content (AvgIpc) is 2.80. The molecule has 6 heteroatoms. The van der Waals surface area contributed by atoms with Gasteiger partial charge in [0.15, 0.2) is 11.6 Å². The van der Waals surface area contributed by atoms with Crippen LogP contribution in [0.15, 0.2) is 12.4 Å². The minimum Gasteiger partial charge on any atom is -0.396 e. The predicted octanol–water partition coefficient (Wildman–Crippen LogP) is 0.149. The Balaban J connectivity index is 2.18. The monoisotopic (exact) mass is 279 g/mol. The summed E-state index contributed by atoms with van der Waals surface area (Å²) in [6, 6.07) is 0. The van der Waals surface area contributed by atoms with E-state index in [2.05, 4.69) is 33.9 Å². The van der Waals surface area contributed by atoms with Crippen LogP contribution in [0.5, 0.6) is 0 Å². The van der Waals surface area contributed by atoms with Crippen molar-refractivity contribution in [2.75, 3.05) is 64.2 Å². The summed E-state index contributed by atoms with van der Waals surface area (Å²) >= 11 is 0. The third-order valence-electron chi connectivity index (χ3n) is 3.79. The largest absolute Gasteiger partial charge is 0.396 e. The fraction of sp³-hybridized carbons (Fsp3) is 0.714. The Bertz CT molecular complexity index is 437. The molecule has 20 heavy (non-hydrogen) atoms. The van der Waals surface area contributed by atoms with E-state index in [0.717, 1.165) is 31.3 Å². The number of rotatable bonds is 5. The van der Waals surface area contributed by atoms with Crippen LogP contribution in [0.2, 0.25) is 0 Å². The van der Waals surface area contributed by atoms with Gasteiger partial charge in [0.25, 0.3) is 0 Å². The second-order valence-electron chi connectivity index (χ2n) is 5.97. The van der Waals surface area contributed by atoms with Crippen molar-refractivity contribution >= 4 is 11.6 Å². The molecule has 1 N–H and O–H groups in total. The summed E-state index contributed by atoms with van der Waals surface area (Å²) in [6.07, 6.45) is 3.45. The first-order chi connectivity index (χ1) is 9.52. The van der Waals surface area contributed by atoms with Gasteiger partial charge in [-0.05, 0) is 20.0 Å². The minimum absolute atomic E-state index is 0.229. The quantitative estimate of drug-likeness (QED) is 0.828. The molecule has 1 aliphatic rings. The van der Waals surface area contributed by atoms with Crippen molar-refractivity contribution < 1.29 is 5.11 Å². The summed E-state index contributed by atoms with van der Waals surface area (Å²) in [5.74, 6) is 2.56. The van der Waals surface area contributed by atoms with E-state index < -0.39 is 0 Å². The summed E-state index contributed by atoms with van der Waals surface area (Å²) < 4.78 is 0. The number of aromatic nitrogens is 2. The van der Waals surface area contributed by atoms with E-state index in [0.29, 0.717) is 11.8 Å². The van der Waals surface area contributed by atoms with Crippen LogP contribution in [-0.2, 0) is 0 Å². The van der Waals surface area contributed by atoms with Crippen LogP contribution in [0.4, 0.5) is 11.6 Å². The van der Waals surface area contributed by atoms with E-state index >= 15 is 0 Å². The Labute approximate surface area is 121 Å². The molecule has 112 valence electrons. The lowest BCUT2D eigenvalue weighted by molar-refractivity contribution is 0.185. The molecule has 1 fully saturated rings. The van der Waals surface area contributed by atoms with Gasteiger partial charge in [-0.3, -0.25) is 0 Å². The predicted molar refractivity (Wildman–Crippen MR) is 81.2 cm³/mol. The van der Waals surface area contributed by atoms with E-state index in [-0.39, 0.29) is 6.61 Å². The average molecular weight is 279 g/mol. The molecule has 1 saturated heterocycles. The Morgan fingerprint density at radius 3 is 2.40 bits per heavy atom. The third kappa shape index (κ3) is 3.19. The fourth-order valence-electron chi connectivity index (χ4n) is 2.86. The molecule has 2 heterocycles. The molecular weight excluding hydrogens is 254 g/mol. The molecule has 1 aromatic heterocycles. The Morgan fingerprint density at radius 2 is 1.80 bits per heavy atom. The fourth-order valence-corrected chi connectivity index (χ4v) is 2.86. The molecule has 2 atom stereocenters. The van der Waals surface area contributed by atoms with E-state index in [1.165, 1.54) is 0 Å². The molecular formula is C14H25N5O. The lowest BCUT2D eigenvalue weighted by atomic mass is 9.97. The van der Waals surface area contributed by atoms with Gasteiger partial charge >= 0.3 is 0 Å². The number of hydrogen-bond donors (Lipinski definition) is 1. The molecule has 0 spiro atoms. The molecule has 0 aliphatic carbocycles. The lowest BCUT2D eigenvalue weighted by Gasteiger charge is -2.23. The zero-order valence-electron chi connectivity index (χ0n) is 12.8. The Morgan fingerprint density at radius 1 is 1.15 bits per heavy atom. The number of anilines is 2. The second-order valence-corrected chi connectivity index (χ2v) is 5.97. The van der Waals surface area contributed by atoms with Crippen molar-refractivity contribution in [3.05, 3.63) is 12.4 Å². The van der Waals surface area contributed by atoms with Gasteiger partial charge in [0, 0.05) is 58.6 Å². The van der Waals surface area contributed by atoms with Gasteiger partial charge in [-0.2, -0.15) is 0 Å². The van der Waals surface area contributed by atoms with Gasteiger partial charge in [-0.1, -0.05) is 0 Å². The molecule has 1 aliphatic heterocycles. The number of nitrogens with zero attached hydrogens (tertiary/aromatic N) is 5. The molecule has 1 aromatic rings. The highest BCUT2D eigenvalue weighted by molar-refractivity contribution is 5.62. The lowest BCUT2D eigenvalue weighted by Crippen LogP contribution is -2.29. The van der Waals surface area contributed by atoms with Gasteiger partial charge in [0.2, 0.25) is 0 Å². The van der Waals surface area contributed by atoms with Crippen molar-refractivity contribution in [2.24, 2.45) is 11.8 Å². The van der Waals surface area contributed by atoms with Crippen LogP contribution in [0.3, 0.4) is 0 Å². The molecule has 0 amide bonds. The van der Waals surface area contributed by atoms with E-state index in [9.17, 15) is 5.11 Å². The first-order valence-corrected chi connectivity index (χ1v) is 7.01. The number of aliphatic hydroxyl groups is 1. The summed E-state index contributed by atoms with van der Waals surface area (Å²) in [5.41, 5.74) is 0. The molecule has 0 unspecified atom stereocenters. The first-order valence-electron chi connectivity index (χ1n) is 7.01. The van der Waals surface area contributed by atoms with Crippen molar-refractivity contribution in [3.8, 4) is 0 Å². The maximum absolute atomic E-state index is 9.60. The van der Waals surface area contributed by atoms with Gasteiger partial charge in [0.1, 0.15) is 0 Å². The number of aliphatic hydroxyl groups excluding tert-OH is 1. The van der Waals surface area contributed by atoms with Crippen LogP contribution < -0.4 is 9.80 Å². The van der Waals surface area contributed by atoms with Crippen LogP contribution >= 0.6 is 0 Å². The Kier molecular flexibility index (Phi) is 4.77. The first kappa shape index (κ1) is 15.0. The smallest absolute Gasteiger partial charge is 0.171 e. The maximum atomic E-state index is 9.60. The van der Waals surface area contributed by atoms with Gasteiger partial charge in [0.05, 0.1) is 0 Å². The molecule has 0 radical (unpaired) electrons. The van der Waals surface area contributed by atoms with E-state index in [1.807, 2.05) is 19.0 Å². The van der Waals surface area contributed by atoms with Crippen LogP contribution in [-0.4, -0.2) is 74.4 Å². The zero-order valence-corrected chi connectivity index (χ0v) is 12.8. The van der Waals surface area contributed by atoms with E-state index in [1.54, 1.807) is 12.4 Å². The number of hydrogen-bond acceptors (Lipinski definition) is 6. The highest BCUT2D eigenvalue weighted by Crippen LogP contribution is 2.31. The molecule has 0 saturated carbocycles. The van der Waals surface area contributed by atoms with Gasteiger partial charge in [-0.15, -0.1) is 0 Å². The Hall–Kier alpha value is -1.40. The van der Waals surface area contributed by atoms with Gasteiger partial charge < -0.3 is 19.8 Å². The molecule has 0 bridgehead atoms. The van der Waals surface area contributed by atoms with Crippen molar-refractivity contribution in [1.82, 2.24) is 14.9 Å². The topological polar surface area (TPSA) is 55.7 Å². The van der Waals surface area contributed by atoms with Crippen molar-refractivity contribution in [1.29, 1.82) is 0 Å². The van der Waals surface area contributed by atoms with Crippen molar-refractivity contribution in [3.63, 3.8) is 0 Å².